The van der Waals surface area contributed by atoms with E-state index in [4.69, 9.17) is 0 Å². The number of aromatic nitrogens is 1. The van der Waals surface area contributed by atoms with Crippen molar-refractivity contribution in [2.75, 3.05) is 5.32 Å². The summed E-state index contributed by atoms with van der Waals surface area (Å²) >= 11 is 3.06. The maximum Gasteiger partial charge on any atom is 0.250 e. The number of thiophene rings is 1. The molecule has 82 valence electrons. The molecule has 0 unspecified atom stereocenters. The van der Waals surface area contributed by atoms with Gasteiger partial charge in [-0.05, 0) is 25.1 Å². The Hall–Kier alpha value is -1.46. The number of carbonyl (C=O) groups is 1. The highest BCUT2D eigenvalue weighted by molar-refractivity contribution is 7.13. The van der Waals surface area contributed by atoms with Crippen molar-refractivity contribution >= 4 is 39.8 Å². The Bertz CT molecular complexity index is 500. The summed E-state index contributed by atoms with van der Waals surface area (Å²) in [4.78, 5) is 17.7. The van der Waals surface area contributed by atoms with E-state index < -0.39 is 0 Å². The summed E-state index contributed by atoms with van der Waals surface area (Å²) in [6.07, 6.45) is 4.99. The van der Waals surface area contributed by atoms with E-state index in [2.05, 4.69) is 10.3 Å². The maximum absolute atomic E-state index is 11.5. The molecule has 0 aliphatic rings. The van der Waals surface area contributed by atoms with E-state index in [9.17, 15) is 4.79 Å². The van der Waals surface area contributed by atoms with Crippen molar-refractivity contribution in [1.82, 2.24) is 4.98 Å². The van der Waals surface area contributed by atoms with Gasteiger partial charge in [0.15, 0.2) is 5.13 Å². The number of aryl methyl sites for hydroxylation is 1. The molecule has 0 aliphatic heterocycles. The Labute approximate surface area is 101 Å². The zero-order valence-corrected chi connectivity index (χ0v) is 10.3. The van der Waals surface area contributed by atoms with Crippen LogP contribution in [0.25, 0.3) is 6.08 Å². The van der Waals surface area contributed by atoms with Crippen LogP contribution in [0.5, 0.6) is 0 Å². The normalized spacial score (nSPS) is 10.8. The molecule has 0 aliphatic carbocycles. The maximum atomic E-state index is 11.5. The number of rotatable bonds is 3. The Balaban J connectivity index is 1.94. The lowest BCUT2D eigenvalue weighted by molar-refractivity contribution is -0.111. The number of thiazole rings is 1. The second-order valence-corrected chi connectivity index (χ2v) is 5.32. The molecule has 0 bridgehead atoms. The predicted octanol–water partition coefficient (Wildman–Crippen LogP) is 3.16. The first-order valence-electron chi connectivity index (χ1n) is 4.69. The van der Waals surface area contributed by atoms with Gasteiger partial charge < -0.3 is 0 Å². The predicted molar refractivity (Wildman–Crippen MR) is 68.8 cm³/mol. The molecular weight excluding hydrogens is 240 g/mol. The minimum Gasteiger partial charge on any atom is -0.298 e. The number of anilines is 1. The molecule has 5 heteroatoms. The molecule has 0 spiro atoms. The Morgan fingerprint density at radius 1 is 1.50 bits per heavy atom. The van der Waals surface area contributed by atoms with Gasteiger partial charge in [-0.2, -0.15) is 0 Å². The van der Waals surface area contributed by atoms with E-state index in [1.807, 2.05) is 24.4 Å². The molecule has 16 heavy (non-hydrogen) atoms. The molecular formula is C11H10N2OS2. The summed E-state index contributed by atoms with van der Waals surface area (Å²) in [6.45, 7) is 2.04. The van der Waals surface area contributed by atoms with Crippen LogP contribution in [0.3, 0.4) is 0 Å². The summed E-state index contributed by atoms with van der Waals surface area (Å²) < 4.78 is 0. The van der Waals surface area contributed by atoms with E-state index in [1.54, 1.807) is 23.6 Å². The van der Waals surface area contributed by atoms with Crippen molar-refractivity contribution in [1.29, 1.82) is 0 Å². The van der Waals surface area contributed by atoms with E-state index in [-0.39, 0.29) is 5.91 Å². The average Bonchev–Trinajstić information content (AvgIpc) is 2.87. The van der Waals surface area contributed by atoms with Crippen molar-refractivity contribution in [3.05, 3.63) is 39.5 Å². The van der Waals surface area contributed by atoms with Crippen LogP contribution in [0.4, 0.5) is 5.13 Å². The van der Waals surface area contributed by atoms with Gasteiger partial charge in [0.2, 0.25) is 5.91 Å². The second-order valence-electron chi connectivity index (χ2n) is 3.11. The minimum absolute atomic E-state index is 0.152. The van der Waals surface area contributed by atoms with Gasteiger partial charge in [-0.3, -0.25) is 10.1 Å². The zero-order valence-electron chi connectivity index (χ0n) is 8.64. The van der Waals surface area contributed by atoms with E-state index in [0.29, 0.717) is 5.13 Å². The van der Waals surface area contributed by atoms with Gasteiger partial charge in [0.1, 0.15) is 0 Å². The molecule has 1 amide bonds. The van der Waals surface area contributed by atoms with Crippen LogP contribution in [0.2, 0.25) is 0 Å². The first-order chi connectivity index (χ1) is 7.74. The topological polar surface area (TPSA) is 42.0 Å². The summed E-state index contributed by atoms with van der Waals surface area (Å²) in [5.41, 5.74) is 0. The van der Waals surface area contributed by atoms with E-state index in [1.165, 1.54) is 22.3 Å². The molecule has 3 nitrogen and oxygen atoms in total. The van der Waals surface area contributed by atoms with Gasteiger partial charge >= 0.3 is 0 Å². The van der Waals surface area contributed by atoms with Crippen LogP contribution in [0.15, 0.2) is 29.8 Å². The summed E-state index contributed by atoms with van der Waals surface area (Å²) in [5.74, 6) is -0.152. The zero-order chi connectivity index (χ0) is 11.4. The van der Waals surface area contributed by atoms with Gasteiger partial charge in [0, 0.05) is 27.4 Å². The fourth-order valence-corrected chi connectivity index (χ4v) is 2.44. The average molecular weight is 250 g/mol. The van der Waals surface area contributed by atoms with Gasteiger partial charge in [-0.1, -0.05) is 0 Å². The third kappa shape index (κ3) is 3.01. The number of hydrogen-bond donors (Lipinski definition) is 1. The van der Waals surface area contributed by atoms with Crippen LogP contribution < -0.4 is 5.32 Å². The fraction of sp³-hybridized carbons (Fsp3) is 0.0909. The molecule has 0 saturated carbocycles. The molecule has 2 rings (SSSR count). The Morgan fingerprint density at radius 2 is 2.38 bits per heavy atom. The molecule has 0 radical (unpaired) electrons. The first-order valence-corrected chi connectivity index (χ1v) is 6.38. The molecule has 0 fully saturated rings. The molecule has 1 N–H and O–H groups in total. The molecule has 2 aromatic heterocycles. The third-order valence-corrected chi connectivity index (χ3v) is 3.48. The van der Waals surface area contributed by atoms with Crippen molar-refractivity contribution < 1.29 is 4.79 Å². The van der Waals surface area contributed by atoms with Crippen molar-refractivity contribution in [2.45, 2.75) is 6.92 Å². The SMILES string of the molecule is Cc1ccc(/C=C\C(=O)Nc2nccs2)s1. The summed E-state index contributed by atoms with van der Waals surface area (Å²) in [7, 11) is 0. The highest BCUT2D eigenvalue weighted by Crippen LogP contribution is 2.16. The quantitative estimate of drug-likeness (QED) is 0.850. The van der Waals surface area contributed by atoms with Crippen LogP contribution >= 0.6 is 22.7 Å². The molecule has 0 atom stereocenters. The van der Waals surface area contributed by atoms with Gasteiger partial charge in [0.05, 0.1) is 0 Å². The van der Waals surface area contributed by atoms with Crippen LogP contribution in [-0.4, -0.2) is 10.9 Å². The molecule has 0 saturated heterocycles. The lowest BCUT2D eigenvalue weighted by atomic mass is 10.4. The highest BCUT2D eigenvalue weighted by Gasteiger charge is 1.99. The minimum atomic E-state index is -0.152. The van der Waals surface area contributed by atoms with Gasteiger partial charge in [-0.25, -0.2) is 4.98 Å². The second kappa shape index (κ2) is 5.05. The fourth-order valence-electron chi connectivity index (χ4n) is 1.13. The number of nitrogens with zero attached hydrogens (tertiary/aromatic N) is 1. The highest BCUT2D eigenvalue weighted by atomic mass is 32.1. The van der Waals surface area contributed by atoms with Gasteiger partial charge in [-0.15, -0.1) is 22.7 Å². The molecule has 0 aromatic carbocycles. The van der Waals surface area contributed by atoms with Crippen LogP contribution in [0.1, 0.15) is 9.75 Å². The van der Waals surface area contributed by atoms with Gasteiger partial charge in [0.25, 0.3) is 0 Å². The number of hydrogen-bond acceptors (Lipinski definition) is 4. The first kappa shape index (κ1) is 11.0. The molecule has 2 heterocycles. The largest absolute Gasteiger partial charge is 0.298 e. The number of nitrogens with one attached hydrogen (secondary N) is 1. The van der Waals surface area contributed by atoms with Crippen LogP contribution in [0, 0.1) is 6.92 Å². The third-order valence-electron chi connectivity index (χ3n) is 1.82. The van der Waals surface area contributed by atoms with Crippen molar-refractivity contribution in [3.63, 3.8) is 0 Å². The monoisotopic (exact) mass is 250 g/mol. The van der Waals surface area contributed by atoms with E-state index >= 15 is 0 Å². The lowest BCUT2D eigenvalue weighted by Crippen LogP contribution is -2.06. The number of carbonyl (C=O) groups excluding carboxylic acids is 1. The van der Waals surface area contributed by atoms with Crippen molar-refractivity contribution in [3.8, 4) is 0 Å². The Kier molecular flexibility index (Phi) is 3.48. The molecule has 2 aromatic rings. The standard InChI is InChI=1S/C11H10N2OS2/c1-8-2-3-9(16-8)4-5-10(14)13-11-12-6-7-15-11/h2-7H,1H3,(H,12,13,14)/b5-4-. The van der Waals surface area contributed by atoms with E-state index in [0.717, 1.165) is 4.88 Å². The lowest BCUT2D eigenvalue weighted by Gasteiger charge is -1.94. The van der Waals surface area contributed by atoms with Crippen molar-refractivity contribution in [2.24, 2.45) is 0 Å². The summed E-state index contributed by atoms with van der Waals surface area (Å²) in [5, 5.41) is 5.13. The van der Waals surface area contributed by atoms with Crippen LogP contribution in [-0.2, 0) is 4.79 Å². The smallest absolute Gasteiger partial charge is 0.250 e. The number of amides is 1. The summed E-state index contributed by atoms with van der Waals surface area (Å²) in [6, 6.07) is 4.02. The Morgan fingerprint density at radius 3 is 3.00 bits per heavy atom.